The van der Waals surface area contributed by atoms with Gasteiger partial charge in [0.2, 0.25) is 0 Å². The van der Waals surface area contributed by atoms with Crippen molar-refractivity contribution in [1.82, 2.24) is 0 Å². The predicted molar refractivity (Wildman–Crippen MR) is 56.0 cm³/mol. The summed E-state index contributed by atoms with van der Waals surface area (Å²) in [5, 5.41) is 0. The zero-order valence-electron chi connectivity index (χ0n) is 7.90. The quantitative estimate of drug-likeness (QED) is 0.707. The van der Waals surface area contributed by atoms with Gasteiger partial charge in [0, 0.05) is 12.5 Å². The standard InChI is InChI=1S/C10H11NO2S/c1-14(12,13)10-6-2-5-9-8(10)4-3-7-11-9/h2,5-7H,3-4H2,1H3. The van der Waals surface area contributed by atoms with Crippen LogP contribution in [-0.4, -0.2) is 20.9 Å². The maximum absolute atomic E-state index is 11.5. The fourth-order valence-corrected chi connectivity index (χ4v) is 2.63. The van der Waals surface area contributed by atoms with E-state index in [9.17, 15) is 8.42 Å². The van der Waals surface area contributed by atoms with Gasteiger partial charge in [0.05, 0.1) is 10.6 Å². The van der Waals surface area contributed by atoms with Gasteiger partial charge in [0.25, 0.3) is 0 Å². The Balaban J connectivity index is 2.69. The number of sulfone groups is 1. The monoisotopic (exact) mass is 209 g/mol. The molecular weight excluding hydrogens is 198 g/mol. The van der Waals surface area contributed by atoms with Gasteiger partial charge >= 0.3 is 0 Å². The van der Waals surface area contributed by atoms with Crippen LogP contribution < -0.4 is 0 Å². The third-order valence-corrected chi connectivity index (χ3v) is 3.44. The summed E-state index contributed by atoms with van der Waals surface area (Å²) in [6.45, 7) is 0. The Labute approximate surface area is 83.4 Å². The van der Waals surface area contributed by atoms with Crippen molar-refractivity contribution in [3.63, 3.8) is 0 Å². The smallest absolute Gasteiger partial charge is 0.175 e. The molecule has 0 spiro atoms. The van der Waals surface area contributed by atoms with Crippen LogP contribution in [0, 0.1) is 0 Å². The second-order valence-electron chi connectivity index (χ2n) is 3.38. The van der Waals surface area contributed by atoms with Gasteiger partial charge in [0.1, 0.15) is 0 Å². The van der Waals surface area contributed by atoms with Gasteiger partial charge in [-0.05, 0) is 30.5 Å². The molecule has 0 saturated carbocycles. The van der Waals surface area contributed by atoms with E-state index < -0.39 is 9.84 Å². The molecule has 74 valence electrons. The molecule has 1 aliphatic heterocycles. The summed E-state index contributed by atoms with van der Waals surface area (Å²) in [5.74, 6) is 0. The first-order valence-corrected chi connectivity index (χ1v) is 6.32. The second kappa shape index (κ2) is 3.20. The van der Waals surface area contributed by atoms with E-state index in [0.717, 1.165) is 24.1 Å². The van der Waals surface area contributed by atoms with Crippen molar-refractivity contribution in [1.29, 1.82) is 0 Å². The van der Waals surface area contributed by atoms with Crippen LogP contribution in [0.5, 0.6) is 0 Å². The Morgan fingerprint density at radius 3 is 2.86 bits per heavy atom. The topological polar surface area (TPSA) is 46.5 Å². The third kappa shape index (κ3) is 1.57. The summed E-state index contributed by atoms with van der Waals surface area (Å²) in [6.07, 6.45) is 4.65. The molecular formula is C10H11NO2S. The molecule has 14 heavy (non-hydrogen) atoms. The summed E-state index contributed by atoms with van der Waals surface area (Å²) in [7, 11) is -3.12. The van der Waals surface area contributed by atoms with Crippen molar-refractivity contribution in [2.24, 2.45) is 4.99 Å². The molecule has 0 atom stereocenters. The highest BCUT2D eigenvalue weighted by molar-refractivity contribution is 7.90. The van der Waals surface area contributed by atoms with Crippen molar-refractivity contribution in [2.45, 2.75) is 17.7 Å². The van der Waals surface area contributed by atoms with Crippen LogP contribution in [0.25, 0.3) is 0 Å². The molecule has 1 aromatic rings. The number of benzene rings is 1. The first-order chi connectivity index (χ1) is 6.59. The molecule has 0 fully saturated rings. The lowest BCUT2D eigenvalue weighted by atomic mass is 10.1. The summed E-state index contributed by atoms with van der Waals surface area (Å²) in [6, 6.07) is 5.23. The largest absolute Gasteiger partial charge is 0.261 e. The summed E-state index contributed by atoms with van der Waals surface area (Å²) in [4.78, 5) is 4.60. The Morgan fingerprint density at radius 1 is 1.36 bits per heavy atom. The fourth-order valence-electron chi connectivity index (χ4n) is 1.65. The number of hydrogen-bond donors (Lipinski definition) is 0. The van der Waals surface area contributed by atoms with E-state index in [4.69, 9.17) is 0 Å². The molecule has 1 aliphatic rings. The SMILES string of the molecule is CS(=O)(=O)c1cccc2c1CCC=N2. The highest BCUT2D eigenvalue weighted by Gasteiger charge is 2.16. The maximum atomic E-state index is 11.5. The first-order valence-electron chi connectivity index (χ1n) is 4.43. The molecule has 1 heterocycles. The van der Waals surface area contributed by atoms with Crippen LogP contribution in [0.2, 0.25) is 0 Å². The predicted octanol–water partition coefficient (Wildman–Crippen LogP) is 1.74. The summed E-state index contributed by atoms with van der Waals surface area (Å²) >= 11 is 0. The Morgan fingerprint density at radius 2 is 2.14 bits per heavy atom. The van der Waals surface area contributed by atoms with Crippen molar-refractivity contribution >= 4 is 21.7 Å². The number of rotatable bonds is 1. The Hall–Kier alpha value is -1.16. The molecule has 0 bridgehead atoms. The number of hydrogen-bond acceptors (Lipinski definition) is 3. The van der Waals surface area contributed by atoms with Crippen LogP contribution in [0.3, 0.4) is 0 Å². The van der Waals surface area contributed by atoms with Gasteiger partial charge in [0.15, 0.2) is 9.84 Å². The maximum Gasteiger partial charge on any atom is 0.175 e. The molecule has 1 aromatic carbocycles. The minimum Gasteiger partial charge on any atom is -0.261 e. The minimum atomic E-state index is -3.12. The van der Waals surface area contributed by atoms with Crippen LogP contribution in [0.15, 0.2) is 28.1 Å². The van der Waals surface area contributed by atoms with Gasteiger partial charge in [-0.15, -0.1) is 0 Å². The zero-order valence-corrected chi connectivity index (χ0v) is 8.71. The van der Waals surface area contributed by atoms with Gasteiger partial charge in [-0.25, -0.2) is 8.42 Å². The Kier molecular flexibility index (Phi) is 2.15. The lowest BCUT2D eigenvalue weighted by Gasteiger charge is -2.12. The van der Waals surface area contributed by atoms with E-state index in [1.807, 2.05) is 12.3 Å². The molecule has 0 saturated heterocycles. The van der Waals surface area contributed by atoms with Crippen molar-refractivity contribution in [3.8, 4) is 0 Å². The zero-order chi connectivity index (χ0) is 10.2. The van der Waals surface area contributed by atoms with E-state index >= 15 is 0 Å². The van der Waals surface area contributed by atoms with Crippen LogP contribution >= 0.6 is 0 Å². The molecule has 4 heteroatoms. The van der Waals surface area contributed by atoms with E-state index in [1.165, 1.54) is 6.26 Å². The lowest BCUT2D eigenvalue weighted by Crippen LogP contribution is -2.05. The molecule has 0 aliphatic carbocycles. The van der Waals surface area contributed by atoms with Crippen LogP contribution in [-0.2, 0) is 16.3 Å². The van der Waals surface area contributed by atoms with Gasteiger partial charge in [-0.1, -0.05) is 6.07 Å². The number of fused-ring (bicyclic) bond motifs is 1. The molecule has 3 nitrogen and oxygen atoms in total. The average molecular weight is 209 g/mol. The molecule has 0 N–H and O–H groups in total. The summed E-state index contributed by atoms with van der Waals surface area (Å²) in [5.41, 5.74) is 1.65. The fraction of sp³-hybridized carbons (Fsp3) is 0.300. The van der Waals surface area contributed by atoms with E-state index in [2.05, 4.69) is 4.99 Å². The summed E-state index contributed by atoms with van der Waals surface area (Å²) < 4.78 is 22.9. The third-order valence-electron chi connectivity index (χ3n) is 2.26. The lowest BCUT2D eigenvalue weighted by molar-refractivity contribution is 0.600. The van der Waals surface area contributed by atoms with Crippen LogP contribution in [0.1, 0.15) is 12.0 Å². The van der Waals surface area contributed by atoms with Crippen LogP contribution in [0.4, 0.5) is 5.69 Å². The molecule has 0 amide bonds. The molecule has 0 aromatic heterocycles. The van der Waals surface area contributed by atoms with E-state index in [1.54, 1.807) is 12.1 Å². The normalized spacial score (nSPS) is 15.2. The van der Waals surface area contributed by atoms with Gasteiger partial charge < -0.3 is 0 Å². The van der Waals surface area contributed by atoms with Crippen molar-refractivity contribution in [2.75, 3.05) is 6.26 Å². The average Bonchev–Trinajstić information content (AvgIpc) is 2.15. The van der Waals surface area contributed by atoms with Crippen molar-refractivity contribution < 1.29 is 8.42 Å². The van der Waals surface area contributed by atoms with Crippen molar-refractivity contribution in [3.05, 3.63) is 23.8 Å². The first kappa shape index (κ1) is 9.40. The second-order valence-corrected chi connectivity index (χ2v) is 5.36. The highest BCUT2D eigenvalue weighted by atomic mass is 32.2. The number of nitrogens with zero attached hydrogens (tertiary/aromatic N) is 1. The van der Waals surface area contributed by atoms with Gasteiger partial charge in [-0.3, -0.25) is 4.99 Å². The molecule has 0 radical (unpaired) electrons. The number of aliphatic imine (C=N–C) groups is 1. The van der Waals surface area contributed by atoms with Gasteiger partial charge in [-0.2, -0.15) is 0 Å². The minimum absolute atomic E-state index is 0.423. The van der Waals surface area contributed by atoms with E-state index in [0.29, 0.717) is 4.90 Å². The molecule has 0 unspecified atom stereocenters. The molecule has 2 rings (SSSR count). The Bertz CT molecular complexity index is 489. The van der Waals surface area contributed by atoms with E-state index in [-0.39, 0.29) is 0 Å². The highest BCUT2D eigenvalue weighted by Crippen LogP contribution is 2.29.